The summed E-state index contributed by atoms with van der Waals surface area (Å²) < 4.78 is 0. The van der Waals surface area contributed by atoms with Gasteiger partial charge >= 0.3 is 0 Å². The highest BCUT2D eigenvalue weighted by molar-refractivity contribution is 5.87. The summed E-state index contributed by atoms with van der Waals surface area (Å²) in [6.07, 6.45) is 0. The van der Waals surface area contributed by atoms with Crippen molar-refractivity contribution in [3.8, 4) is 0 Å². The fourth-order valence-corrected chi connectivity index (χ4v) is 1.45. The number of rotatable bonds is 4. The summed E-state index contributed by atoms with van der Waals surface area (Å²) in [5.74, 6) is 0.0108. The Morgan fingerprint density at radius 1 is 1.38 bits per heavy atom. The molecule has 1 aromatic carbocycles. The van der Waals surface area contributed by atoms with Gasteiger partial charge in [0.1, 0.15) is 0 Å². The van der Waals surface area contributed by atoms with Crippen LogP contribution in [0.3, 0.4) is 0 Å². The van der Waals surface area contributed by atoms with Gasteiger partial charge in [0.15, 0.2) is 0 Å². The molecule has 1 rings (SSSR count). The van der Waals surface area contributed by atoms with Gasteiger partial charge in [-0.15, -0.1) is 0 Å². The Bertz CT molecular complexity index is 346. The largest absolute Gasteiger partial charge is 0.352 e. The molecule has 1 aromatic rings. The van der Waals surface area contributed by atoms with Crippen molar-refractivity contribution >= 4 is 5.91 Å². The van der Waals surface area contributed by atoms with Crippen molar-refractivity contribution in [2.75, 3.05) is 6.54 Å². The van der Waals surface area contributed by atoms with Gasteiger partial charge in [-0.05, 0) is 26.3 Å². The molecule has 0 radical (unpaired) electrons. The average molecular weight is 220 g/mol. The van der Waals surface area contributed by atoms with Gasteiger partial charge in [-0.2, -0.15) is 0 Å². The van der Waals surface area contributed by atoms with E-state index in [0.717, 1.165) is 5.56 Å². The van der Waals surface area contributed by atoms with E-state index in [1.807, 2.05) is 51.1 Å². The van der Waals surface area contributed by atoms with Crippen LogP contribution in [0.4, 0.5) is 0 Å². The summed E-state index contributed by atoms with van der Waals surface area (Å²) in [4.78, 5) is 12.1. The van der Waals surface area contributed by atoms with E-state index in [-0.39, 0.29) is 11.9 Å². The fraction of sp³-hybridized carbons (Fsp3) is 0.462. The van der Waals surface area contributed by atoms with Crippen LogP contribution in [-0.4, -0.2) is 18.5 Å². The topological polar surface area (TPSA) is 55.1 Å². The zero-order valence-electron chi connectivity index (χ0n) is 10.2. The lowest BCUT2D eigenvalue weighted by atomic mass is 9.83. The first-order chi connectivity index (χ1) is 7.48. The average Bonchev–Trinajstić information content (AvgIpc) is 2.29. The molecule has 1 atom stereocenters. The molecule has 0 fully saturated rings. The zero-order valence-corrected chi connectivity index (χ0v) is 10.2. The first-order valence-corrected chi connectivity index (χ1v) is 5.55. The molecular weight excluding hydrogens is 200 g/mol. The van der Waals surface area contributed by atoms with E-state index in [2.05, 4.69) is 5.32 Å². The number of nitrogens with two attached hydrogens (primary N) is 1. The van der Waals surface area contributed by atoms with Crippen LogP contribution in [-0.2, 0) is 10.2 Å². The van der Waals surface area contributed by atoms with E-state index < -0.39 is 5.41 Å². The Labute approximate surface area is 97.0 Å². The highest BCUT2D eigenvalue weighted by Gasteiger charge is 2.29. The molecule has 0 spiro atoms. The molecule has 0 saturated heterocycles. The fourth-order valence-electron chi connectivity index (χ4n) is 1.45. The molecule has 0 aromatic heterocycles. The second-order valence-corrected chi connectivity index (χ2v) is 4.60. The quantitative estimate of drug-likeness (QED) is 0.806. The lowest BCUT2D eigenvalue weighted by molar-refractivity contribution is -0.126. The third-order valence-corrected chi connectivity index (χ3v) is 2.79. The lowest BCUT2D eigenvalue weighted by Gasteiger charge is -2.26. The van der Waals surface area contributed by atoms with Crippen LogP contribution in [0.2, 0.25) is 0 Å². The maximum atomic E-state index is 12.1. The van der Waals surface area contributed by atoms with E-state index in [9.17, 15) is 4.79 Å². The standard InChI is InChI=1S/C13H20N2O/c1-10(9-14)15-12(16)13(2,3)11-7-5-4-6-8-11/h4-8,10H,9,14H2,1-3H3,(H,15,16)/t10-/m1/s1. The van der Waals surface area contributed by atoms with Crippen LogP contribution in [0.25, 0.3) is 0 Å². The summed E-state index contributed by atoms with van der Waals surface area (Å²) in [7, 11) is 0. The maximum absolute atomic E-state index is 12.1. The minimum absolute atomic E-state index is 0.00971. The molecule has 0 aliphatic rings. The highest BCUT2D eigenvalue weighted by atomic mass is 16.2. The first-order valence-electron chi connectivity index (χ1n) is 5.55. The number of amides is 1. The molecule has 0 unspecified atom stereocenters. The molecule has 0 heterocycles. The van der Waals surface area contributed by atoms with Crippen LogP contribution >= 0.6 is 0 Å². The van der Waals surface area contributed by atoms with Crippen molar-refractivity contribution in [3.63, 3.8) is 0 Å². The van der Waals surface area contributed by atoms with Crippen LogP contribution in [0, 0.1) is 0 Å². The van der Waals surface area contributed by atoms with Gasteiger partial charge in [-0.3, -0.25) is 4.79 Å². The van der Waals surface area contributed by atoms with Crippen LogP contribution in [0.15, 0.2) is 30.3 Å². The van der Waals surface area contributed by atoms with Crippen molar-refractivity contribution in [1.29, 1.82) is 0 Å². The molecule has 3 nitrogen and oxygen atoms in total. The molecule has 16 heavy (non-hydrogen) atoms. The van der Waals surface area contributed by atoms with E-state index in [1.165, 1.54) is 0 Å². The van der Waals surface area contributed by atoms with Crippen molar-refractivity contribution < 1.29 is 4.79 Å². The van der Waals surface area contributed by atoms with Crippen LogP contribution in [0.1, 0.15) is 26.3 Å². The van der Waals surface area contributed by atoms with Crippen molar-refractivity contribution in [3.05, 3.63) is 35.9 Å². The van der Waals surface area contributed by atoms with Crippen molar-refractivity contribution in [1.82, 2.24) is 5.32 Å². The smallest absolute Gasteiger partial charge is 0.230 e. The molecule has 0 aliphatic carbocycles. The van der Waals surface area contributed by atoms with Crippen LogP contribution < -0.4 is 11.1 Å². The maximum Gasteiger partial charge on any atom is 0.230 e. The summed E-state index contributed by atoms with van der Waals surface area (Å²) in [5, 5.41) is 2.90. The zero-order chi connectivity index (χ0) is 12.2. The van der Waals surface area contributed by atoms with E-state index in [4.69, 9.17) is 5.73 Å². The van der Waals surface area contributed by atoms with E-state index in [1.54, 1.807) is 0 Å². The third-order valence-electron chi connectivity index (χ3n) is 2.79. The first kappa shape index (κ1) is 12.7. The number of carbonyl (C=O) groups excluding carboxylic acids is 1. The van der Waals surface area contributed by atoms with E-state index in [0.29, 0.717) is 6.54 Å². The summed E-state index contributed by atoms with van der Waals surface area (Å²) in [6, 6.07) is 9.77. The minimum atomic E-state index is -0.523. The second kappa shape index (κ2) is 5.12. The molecule has 3 N–H and O–H groups in total. The van der Waals surface area contributed by atoms with Gasteiger partial charge in [-0.25, -0.2) is 0 Å². The Morgan fingerprint density at radius 3 is 2.44 bits per heavy atom. The Balaban J connectivity index is 2.82. The molecule has 0 bridgehead atoms. The van der Waals surface area contributed by atoms with Gasteiger partial charge in [0.2, 0.25) is 5.91 Å². The minimum Gasteiger partial charge on any atom is -0.352 e. The van der Waals surface area contributed by atoms with Crippen molar-refractivity contribution in [2.24, 2.45) is 5.73 Å². The Kier molecular flexibility index (Phi) is 4.07. The summed E-state index contributed by atoms with van der Waals surface area (Å²) in [5.41, 5.74) is 5.98. The molecule has 3 heteroatoms. The van der Waals surface area contributed by atoms with Gasteiger partial charge in [0.25, 0.3) is 0 Å². The summed E-state index contributed by atoms with van der Waals surface area (Å²) >= 11 is 0. The number of carbonyl (C=O) groups is 1. The molecule has 88 valence electrons. The monoisotopic (exact) mass is 220 g/mol. The van der Waals surface area contributed by atoms with Gasteiger partial charge in [0.05, 0.1) is 5.41 Å². The normalized spacial score (nSPS) is 13.2. The number of hydrogen-bond acceptors (Lipinski definition) is 2. The van der Waals surface area contributed by atoms with E-state index >= 15 is 0 Å². The predicted octanol–water partition coefficient (Wildman–Crippen LogP) is 1.43. The highest BCUT2D eigenvalue weighted by Crippen LogP contribution is 2.22. The molecule has 0 aliphatic heterocycles. The number of hydrogen-bond donors (Lipinski definition) is 2. The van der Waals surface area contributed by atoms with Gasteiger partial charge in [0, 0.05) is 12.6 Å². The SMILES string of the molecule is C[C@H](CN)NC(=O)C(C)(C)c1ccccc1. The van der Waals surface area contributed by atoms with Gasteiger partial charge < -0.3 is 11.1 Å². The number of benzene rings is 1. The predicted molar refractivity (Wildman–Crippen MR) is 66.1 cm³/mol. The molecule has 1 amide bonds. The second-order valence-electron chi connectivity index (χ2n) is 4.60. The summed E-state index contributed by atoms with van der Waals surface area (Å²) in [6.45, 7) is 6.19. The third kappa shape index (κ3) is 2.83. The van der Waals surface area contributed by atoms with Crippen molar-refractivity contribution in [2.45, 2.75) is 32.2 Å². The Hall–Kier alpha value is -1.35. The molecule has 0 saturated carbocycles. The Morgan fingerprint density at radius 2 is 1.94 bits per heavy atom. The lowest BCUT2D eigenvalue weighted by Crippen LogP contribution is -2.46. The van der Waals surface area contributed by atoms with Gasteiger partial charge in [-0.1, -0.05) is 30.3 Å². The molecular formula is C13H20N2O. The van der Waals surface area contributed by atoms with Crippen LogP contribution in [0.5, 0.6) is 0 Å². The number of nitrogens with one attached hydrogen (secondary N) is 1.